The minimum absolute atomic E-state index is 0.0204. The first-order valence-electron chi connectivity index (χ1n) is 9.59. The molecule has 2 aromatic carbocycles. The van der Waals surface area contributed by atoms with Crippen molar-refractivity contribution in [2.45, 2.75) is 37.7 Å². The number of rotatable bonds is 6. The van der Waals surface area contributed by atoms with Crippen molar-refractivity contribution in [3.63, 3.8) is 0 Å². The van der Waals surface area contributed by atoms with Crippen molar-refractivity contribution in [3.8, 4) is 5.75 Å². The smallest absolute Gasteiger partial charge is 0.243 e. The molecule has 1 saturated heterocycles. The van der Waals surface area contributed by atoms with E-state index < -0.39 is 15.8 Å². The van der Waals surface area contributed by atoms with E-state index in [2.05, 4.69) is 5.32 Å². The predicted octanol–water partition coefficient (Wildman–Crippen LogP) is 3.65. The van der Waals surface area contributed by atoms with E-state index in [1.165, 1.54) is 16.4 Å². The number of nitrogens with zero attached hydrogens (tertiary/aromatic N) is 1. The van der Waals surface area contributed by atoms with Crippen LogP contribution in [0.4, 0.5) is 10.1 Å². The molecule has 0 aromatic heterocycles. The standard InChI is InChI=1S/C21H25FN2O4S/c1-15(2)28-20-6-4-3-5-19(20)23-21(25)16-11-13-24(14-12-16)29(26,27)18-9-7-17(22)8-10-18/h3-10,15-16H,11-14H2,1-2H3,(H,23,25). The van der Waals surface area contributed by atoms with E-state index in [1.807, 2.05) is 26.0 Å². The van der Waals surface area contributed by atoms with Crippen LogP contribution in [0, 0.1) is 11.7 Å². The molecule has 156 valence electrons. The summed E-state index contributed by atoms with van der Waals surface area (Å²) in [5.74, 6) is -0.321. The third-order valence-corrected chi connectivity index (χ3v) is 6.70. The highest BCUT2D eigenvalue weighted by atomic mass is 32.2. The van der Waals surface area contributed by atoms with Gasteiger partial charge in [-0.25, -0.2) is 12.8 Å². The molecule has 1 fully saturated rings. The number of benzene rings is 2. The number of sulfonamides is 1. The summed E-state index contributed by atoms with van der Waals surface area (Å²) in [6, 6.07) is 12.0. The van der Waals surface area contributed by atoms with E-state index in [0.717, 1.165) is 12.1 Å². The molecule has 0 atom stereocenters. The highest BCUT2D eigenvalue weighted by molar-refractivity contribution is 7.89. The number of ether oxygens (including phenoxy) is 1. The molecular formula is C21H25FN2O4S. The van der Waals surface area contributed by atoms with Gasteiger partial charge in [-0.2, -0.15) is 4.31 Å². The summed E-state index contributed by atoms with van der Waals surface area (Å²) in [4.78, 5) is 12.8. The summed E-state index contributed by atoms with van der Waals surface area (Å²) in [6.45, 7) is 4.30. The quantitative estimate of drug-likeness (QED) is 0.774. The summed E-state index contributed by atoms with van der Waals surface area (Å²) in [5, 5.41) is 2.90. The maximum atomic E-state index is 13.1. The number of nitrogens with one attached hydrogen (secondary N) is 1. The van der Waals surface area contributed by atoms with Crippen LogP contribution in [-0.2, 0) is 14.8 Å². The Morgan fingerprint density at radius 1 is 1.10 bits per heavy atom. The van der Waals surface area contributed by atoms with Gasteiger partial charge >= 0.3 is 0 Å². The van der Waals surface area contributed by atoms with E-state index in [-0.39, 0.29) is 35.9 Å². The van der Waals surface area contributed by atoms with Gasteiger partial charge in [0.15, 0.2) is 0 Å². The van der Waals surface area contributed by atoms with Gasteiger partial charge in [0.2, 0.25) is 15.9 Å². The summed E-state index contributed by atoms with van der Waals surface area (Å²) < 4.78 is 45.5. The van der Waals surface area contributed by atoms with Gasteiger partial charge in [-0.15, -0.1) is 0 Å². The molecule has 0 spiro atoms. The van der Waals surface area contributed by atoms with Gasteiger partial charge in [0, 0.05) is 19.0 Å². The Labute approximate surface area is 170 Å². The van der Waals surface area contributed by atoms with Crippen molar-refractivity contribution in [3.05, 3.63) is 54.3 Å². The summed E-state index contributed by atoms with van der Waals surface area (Å²) in [5.41, 5.74) is 0.604. The average Bonchev–Trinajstić information content (AvgIpc) is 2.69. The zero-order valence-electron chi connectivity index (χ0n) is 16.5. The van der Waals surface area contributed by atoms with Crippen LogP contribution in [0.2, 0.25) is 0 Å². The third kappa shape index (κ3) is 5.13. The summed E-state index contributed by atoms with van der Waals surface area (Å²) in [6.07, 6.45) is 0.812. The summed E-state index contributed by atoms with van der Waals surface area (Å²) in [7, 11) is -3.69. The number of piperidine rings is 1. The fourth-order valence-corrected chi connectivity index (χ4v) is 4.75. The Morgan fingerprint density at radius 3 is 2.34 bits per heavy atom. The molecule has 0 unspecified atom stereocenters. The highest BCUT2D eigenvalue weighted by Gasteiger charge is 2.32. The number of hydrogen-bond acceptors (Lipinski definition) is 4. The average molecular weight is 421 g/mol. The first-order valence-corrected chi connectivity index (χ1v) is 11.0. The number of carbonyl (C=O) groups is 1. The predicted molar refractivity (Wildman–Crippen MR) is 109 cm³/mol. The van der Waals surface area contributed by atoms with Crippen LogP contribution >= 0.6 is 0 Å². The van der Waals surface area contributed by atoms with Crippen molar-refractivity contribution < 1.29 is 22.3 Å². The van der Waals surface area contributed by atoms with Crippen LogP contribution in [0.15, 0.2) is 53.4 Å². The minimum atomic E-state index is -3.69. The lowest BCUT2D eigenvalue weighted by Gasteiger charge is -2.30. The fraction of sp³-hybridized carbons (Fsp3) is 0.381. The van der Waals surface area contributed by atoms with Crippen LogP contribution in [0.25, 0.3) is 0 Å². The van der Waals surface area contributed by atoms with E-state index >= 15 is 0 Å². The molecule has 6 nitrogen and oxygen atoms in total. The van der Waals surface area contributed by atoms with Crippen molar-refractivity contribution in [1.29, 1.82) is 0 Å². The Hall–Kier alpha value is -2.45. The van der Waals surface area contributed by atoms with E-state index in [0.29, 0.717) is 24.3 Å². The molecule has 1 aliphatic heterocycles. The first-order chi connectivity index (χ1) is 13.8. The number of hydrogen-bond donors (Lipinski definition) is 1. The van der Waals surface area contributed by atoms with Crippen molar-refractivity contribution in [1.82, 2.24) is 4.31 Å². The van der Waals surface area contributed by atoms with Gasteiger partial charge < -0.3 is 10.1 Å². The molecule has 8 heteroatoms. The lowest BCUT2D eigenvalue weighted by atomic mass is 9.97. The van der Waals surface area contributed by atoms with Gasteiger partial charge in [0.05, 0.1) is 16.7 Å². The maximum Gasteiger partial charge on any atom is 0.243 e. The molecule has 0 bridgehead atoms. The first kappa shape index (κ1) is 21.3. The van der Waals surface area contributed by atoms with Crippen LogP contribution in [-0.4, -0.2) is 37.8 Å². The Morgan fingerprint density at radius 2 is 1.72 bits per heavy atom. The Kier molecular flexibility index (Phi) is 6.54. The molecule has 29 heavy (non-hydrogen) atoms. The van der Waals surface area contributed by atoms with Gasteiger partial charge in [-0.3, -0.25) is 4.79 Å². The normalized spacial score (nSPS) is 16.0. The Bertz CT molecular complexity index is 953. The minimum Gasteiger partial charge on any atom is -0.489 e. The van der Waals surface area contributed by atoms with Crippen LogP contribution in [0.5, 0.6) is 5.75 Å². The molecule has 1 amide bonds. The second-order valence-corrected chi connectivity index (χ2v) is 9.22. The van der Waals surface area contributed by atoms with Crippen molar-refractivity contribution in [2.24, 2.45) is 5.92 Å². The SMILES string of the molecule is CC(C)Oc1ccccc1NC(=O)C1CCN(S(=O)(=O)c2ccc(F)cc2)CC1. The molecule has 1 aliphatic rings. The lowest BCUT2D eigenvalue weighted by molar-refractivity contribution is -0.120. The lowest BCUT2D eigenvalue weighted by Crippen LogP contribution is -2.41. The molecule has 3 rings (SSSR count). The molecule has 1 heterocycles. The molecule has 0 saturated carbocycles. The zero-order chi connectivity index (χ0) is 21.0. The molecule has 0 aliphatic carbocycles. The fourth-order valence-electron chi connectivity index (χ4n) is 3.28. The summed E-state index contributed by atoms with van der Waals surface area (Å²) >= 11 is 0. The largest absolute Gasteiger partial charge is 0.489 e. The monoisotopic (exact) mass is 420 g/mol. The van der Waals surface area contributed by atoms with Gasteiger partial charge in [-0.05, 0) is 63.1 Å². The third-order valence-electron chi connectivity index (χ3n) is 4.78. The Balaban J connectivity index is 1.62. The molecule has 2 aromatic rings. The van der Waals surface area contributed by atoms with Crippen LogP contribution in [0.3, 0.4) is 0 Å². The number of amides is 1. The topological polar surface area (TPSA) is 75.7 Å². The van der Waals surface area contributed by atoms with Crippen molar-refractivity contribution >= 4 is 21.6 Å². The van der Waals surface area contributed by atoms with Crippen LogP contribution < -0.4 is 10.1 Å². The second-order valence-electron chi connectivity index (χ2n) is 7.28. The molecule has 1 N–H and O–H groups in total. The number of anilines is 1. The number of carbonyl (C=O) groups excluding carboxylic acids is 1. The van der Waals surface area contributed by atoms with Gasteiger partial charge in [0.1, 0.15) is 11.6 Å². The van der Waals surface area contributed by atoms with Gasteiger partial charge in [0.25, 0.3) is 0 Å². The van der Waals surface area contributed by atoms with E-state index in [9.17, 15) is 17.6 Å². The highest BCUT2D eigenvalue weighted by Crippen LogP contribution is 2.28. The zero-order valence-corrected chi connectivity index (χ0v) is 17.3. The molecule has 0 radical (unpaired) electrons. The maximum absolute atomic E-state index is 13.1. The van der Waals surface area contributed by atoms with Crippen molar-refractivity contribution in [2.75, 3.05) is 18.4 Å². The van der Waals surface area contributed by atoms with E-state index in [1.54, 1.807) is 12.1 Å². The van der Waals surface area contributed by atoms with Crippen LogP contribution in [0.1, 0.15) is 26.7 Å². The van der Waals surface area contributed by atoms with E-state index in [4.69, 9.17) is 4.74 Å². The molecular weight excluding hydrogens is 395 g/mol. The number of halogens is 1. The van der Waals surface area contributed by atoms with Gasteiger partial charge in [-0.1, -0.05) is 12.1 Å². The second kappa shape index (κ2) is 8.92. The number of para-hydroxylation sites is 2.